The van der Waals surface area contributed by atoms with E-state index in [2.05, 4.69) is 15.3 Å². The van der Waals surface area contributed by atoms with Crippen molar-refractivity contribution in [2.24, 2.45) is 5.73 Å². The van der Waals surface area contributed by atoms with Gasteiger partial charge < -0.3 is 11.1 Å². The summed E-state index contributed by atoms with van der Waals surface area (Å²) in [4.78, 5) is 21.4. The van der Waals surface area contributed by atoms with Gasteiger partial charge >= 0.3 is 0 Å². The van der Waals surface area contributed by atoms with Gasteiger partial charge in [0.2, 0.25) is 11.2 Å². The summed E-state index contributed by atoms with van der Waals surface area (Å²) in [6, 6.07) is 2.00. The lowest BCUT2D eigenvalue weighted by Gasteiger charge is -2.25. The number of hydrogen-bond acceptors (Lipinski definition) is 5. The van der Waals surface area contributed by atoms with Crippen LogP contribution in [0.5, 0.6) is 0 Å². The van der Waals surface area contributed by atoms with Gasteiger partial charge in [0, 0.05) is 16.8 Å². The minimum Gasteiger partial charge on any atom is -0.370 e. The van der Waals surface area contributed by atoms with Crippen molar-refractivity contribution in [3.8, 4) is 0 Å². The van der Waals surface area contributed by atoms with Crippen molar-refractivity contribution in [2.45, 2.75) is 32.7 Å². The first-order chi connectivity index (χ1) is 8.77. The third-order valence-electron chi connectivity index (χ3n) is 2.56. The molecule has 0 radical (unpaired) electrons. The number of hydrogen-bond donors (Lipinski definition) is 2. The first kappa shape index (κ1) is 14.0. The quantitative estimate of drug-likeness (QED) is 0.850. The largest absolute Gasteiger partial charge is 0.370 e. The van der Waals surface area contributed by atoms with Crippen LogP contribution in [-0.2, 0) is 4.79 Å². The second kappa shape index (κ2) is 4.94. The van der Waals surface area contributed by atoms with Crippen molar-refractivity contribution >= 4 is 44.9 Å². The predicted molar refractivity (Wildman–Crippen MR) is 78.7 cm³/mol. The molecule has 1 amide bonds. The van der Waals surface area contributed by atoms with Gasteiger partial charge in [-0.15, -0.1) is 11.3 Å². The number of halogens is 1. The SMILES string of the molecule is Cc1cc2c(NC(C)(C)CC(N)=O)nc(Cl)nc2s1. The Morgan fingerprint density at radius 3 is 2.84 bits per heavy atom. The Bertz CT molecular complexity index is 638. The van der Waals surface area contributed by atoms with E-state index in [9.17, 15) is 4.79 Å². The molecule has 0 spiro atoms. The lowest BCUT2D eigenvalue weighted by atomic mass is 10.0. The molecule has 102 valence electrons. The number of nitrogens with zero attached hydrogens (tertiary/aromatic N) is 2. The summed E-state index contributed by atoms with van der Waals surface area (Å²) in [6.45, 7) is 5.77. The van der Waals surface area contributed by atoms with E-state index in [0.29, 0.717) is 5.82 Å². The van der Waals surface area contributed by atoms with Crippen LogP contribution in [0.25, 0.3) is 10.2 Å². The van der Waals surface area contributed by atoms with Gasteiger partial charge in [-0.05, 0) is 38.4 Å². The second-order valence-electron chi connectivity index (χ2n) is 5.07. The van der Waals surface area contributed by atoms with Crippen LogP contribution in [0.1, 0.15) is 25.1 Å². The summed E-state index contributed by atoms with van der Waals surface area (Å²) in [7, 11) is 0. The highest BCUT2D eigenvalue weighted by Crippen LogP contribution is 2.31. The van der Waals surface area contributed by atoms with Gasteiger partial charge in [0.15, 0.2) is 0 Å². The average molecular weight is 299 g/mol. The monoisotopic (exact) mass is 298 g/mol. The number of amides is 1. The highest BCUT2D eigenvalue weighted by atomic mass is 35.5. The fourth-order valence-electron chi connectivity index (χ4n) is 1.91. The van der Waals surface area contributed by atoms with E-state index in [4.69, 9.17) is 17.3 Å². The molecule has 3 N–H and O–H groups in total. The number of aromatic nitrogens is 2. The topological polar surface area (TPSA) is 80.9 Å². The molecule has 0 aliphatic rings. The third kappa shape index (κ3) is 3.33. The van der Waals surface area contributed by atoms with E-state index in [0.717, 1.165) is 15.1 Å². The zero-order chi connectivity index (χ0) is 14.2. The molecule has 0 saturated heterocycles. The van der Waals surface area contributed by atoms with E-state index >= 15 is 0 Å². The summed E-state index contributed by atoms with van der Waals surface area (Å²) >= 11 is 7.47. The molecule has 0 unspecified atom stereocenters. The maximum absolute atomic E-state index is 11.1. The number of fused-ring (bicyclic) bond motifs is 1. The molecule has 0 aliphatic carbocycles. The Morgan fingerprint density at radius 2 is 2.21 bits per heavy atom. The predicted octanol–water partition coefficient (Wildman–Crippen LogP) is 2.72. The van der Waals surface area contributed by atoms with E-state index in [1.807, 2.05) is 26.8 Å². The van der Waals surface area contributed by atoms with Crippen molar-refractivity contribution in [3.63, 3.8) is 0 Å². The van der Waals surface area contributed by atoms with Crippen LogP contribution in [-0.4, -0.2) is 21.4 Å². The minimum atomic E-state index is -0.494. The number of nitrogens with two attached hydrogens (primary N) is 1. The van der Waals surface area contributed by atoms with Crippen LogP contribution < -0.4 is 11.1 Å². The van der Waals surface area contributed by atoms with Crippen LogP contribution in [0.2, 0.25) is 5.28 Å². The number of thiophene rings is 1. The maximum Gasteiger partial charge on any atom is 0.225 e. The average Bonchev–Trinajstić information content (AvgIpc) is 2.55. The molecule has 2 heterocycles. The summed E-state index contributed by atoms with van der Waals surface area (Å²) in [5.41, 5.74) is 4.75. The molecule has 0 aromatic carbocycles. The molecular formula is C12H15ClN4OS. The lowest BCUT2D eigenvalue weighted by Crippen LogP contribution is -2.36. The second-order valence-corrected chi connectivity index (χ2v) is 6.64. The molecule has 2 rings (SSSR count). The van der Waals surface area contributed by atoms with Gasteiger partial charge in [-0.25, -0.2) is 9.97 Å². The molecule has 7 heteroatoms. The number of rotatable bonds is 4. The molecule has 2 aromatic rings. The summed E-state index contributed by atoms with van der Waals surface area (Å²) in [5, 5.41) is 4.31. The highest BCUT2D eigenvalue weighted by Gasteiger charge is 2.22. The van der Waals surface area contributed by atoms with Crippen LogP contribution in [0.3, 0.4) is 0 Å². The molecular weight excluding hydrogens is 284 g/mol. The molecule has 0 atom stereocenters. The van der Waals surface area contributed by atoms with Crippen molar-refractivity contribution in [3.05, 3.63) is 16.2 Å². The number of primary amides is 1. The molecule has 0 aliphatic heterocycles. The number of anilines is 1. The minimum absolute atomic E-state index is 0.187. The van der Waals surface area contributed by atoms with Crippen molar-refractivity contribution in [1.29, 1.82) is 0 Å². The van der Waals surface area contributed by atoms with Crippen LogP contribution in [0, 0.1) is 6.92 Å². The molecule has 19 heavy (non-hydrogen) atoms. The third-order valence-corrected chi connectivity index (χ3v) is 3.68. The van der Waals surface area contributed by atoms with Gasteiger partial charge in [-0.3, -0.25) is 4.79 Å². The van der Waals surface area contributed by atoms with Crippen molar-refractivity contribution in [2.75, 3.05) is 5.32 Å². The Balaban J connectivity index is 2.41. The molecule has 2 aromatic heterocycles. The Morgan fingerprint density at radius 1 is 1.53 bits per heavy atom. The fraction of sp³-hybridized carbons (Fsp3) is 0.417. The molecule has 5 nitrogen and oxygen atoms in total. The van der Waals surface area contributed by atoms with Gasteiger partial charge in [0.05, 0.1) is 5.39 Å². The summed E-state index contributed by atoms with van der Waals surface area (Å²) < 4.78 is 0. The Kier molecular flexibility index (Phi) is 3.64. The van der Waals surface area contributed by atoms with E-state index in [-0.39, 0.29) is 17.6 Å². The molecule has 0 bridgehead atoms. The standard InChI is InChI=1S/C12H15ClN4OS/c1-6-4-7-9(15-11(13)16-10(7)19-6)17-12(2,3)5-8(14)18/h4H,5H2,1-3H3,(H2,14,18)(H,15,16,17). The van der Waals surface area contributed by atoms with Gasteiger partial charge in [0.1, 0.15) is 10.6 Å². The lowest BCUT2D eigenvalue weighted by molar-refractivity contribution is -0.118. The summed E-state index contributed by atoms with van der Waals surface area (Å²) in [6.07, 6.45) is 0.208. The Labute approximate surface area is 120 Å². The van der Waals surface area contributed by atoms with Gasteiger partial charge in [-0.1, -0.05) is 0 Å². The van der Waals surface area contributed by atoms with E-state index < -0.39 is 5.54 Å². The first-order valence-electron chi connectivity index (χ1n) is 5.77. The van der Waals surface area contributed by atoms with Crippen LogP contribution >= 0.6 is 22.9 Å². The molecule has 0 saturated carbocycles. The number of aryl methyl sites for hydroxylation is 1. The molecule has 0 fully saturated rings. The van der Waals surface area contributed by atoms with E-state index in [1.54, 1.807) is 11.3 Å². The van der Waals surface area contributed by atoms with Crippen LogP contribution in [0.4, 0.5) is 5.82 Å². The first-order valence-corrected chi connectivity index (χ1v) is 6.96. The van der Waals surface area contributed by atoms with Gasteiger partial charge in [0.25, 0.3) is 0 Å². The number of nitrogens with one attached hydrogen (secondary N) is 1. The normalized spacial score (nSPS) is 11.8. The highest BCUT2D eigenvalue weighted by molar-refractivity contribution is 7.18. The number of carbonyl (C=O) groups excluding carboxylic acids is 1. The smallest absolute Gasteiger partial charge is 0.225 e. The Hall–Kier alpha value is -1.40. The van der Waals surface area contributed by atoms with E-state index in [1.165, 1.54) is 0 Å². The number of carbonyl (C=O) groups is 1. The van der Waals surface area contributed by atoms with Gasteiger partial charge in [-0.2, -0.15) is 0 Å². The fourth-order valence-corrected chi connectivity index (χ4v) is 3.01. The van der Waals surface area contributed by atoms with Crippen molar-refractivity contribution < 1.29 is 4.79 Å². The maximum atomic E-state index is 11.1. The van der Waals surface area contributed by atoms with Crippen LogP contribution in [0.15, 0.2) is 6.07 Å². The zero-order valence-electron chi connectivity index (χ0n) is 11.0. The zero-order valence-corrected chi connectivity index (χ0v) is 12.5. The van der Waals surface area contributed by atoms with Crippen molar-refractivity contribution in [1.82, 2.24) is 9.97 Å². The summed E-state index contributed by atoms with van der Waals surface area (Å²) in [5.74, 6) is 0.265.